The summed E-state index contributed by atoms with van der Waals surface area (Å²) in [6.45, 7) is 4.91. The van der Waals surface area contributed by atoms with Crippen LogP contribution in [0.15, 0.2) is 30.3 Å². The molecule has 28 heavy (non-hydrogen) atoms. The summed E-state index contributed by atoms with van der Waals surface area (Å²) in [6.07, 6.45) is 3.40. The van der Waals surface area contributed by atoms with E-state index in [1.54, 1.807) is 18.2 Å². The number of aryl methyl sites for hydroxylation is 1. The van der Waals surface area contributed by atoms with Crippen LogP contribution < -0.4 is 0 Å². The minimum Gasteiger partial charge on any atom is -0.353 e. The molecule has 152 valence electrons. The van der Waals surface area contributed by atoms with Crippen LogP contribution in [0.1, 0.15) is 56.6 Å². The third-order valence-corrected chi connectivity index (χ3v) is 5.18. The highest BCUT2D eigenvalue weighted by atomic mass is 19.2. The highest BCUT2D eigenvalue weighted by Crippen LogP contribution is 2.34. The summed E-state index contributed by atoms with van der Waals surface area (Å²) in [7, 11) is 0. The SMILES string of the molecule is CCCOC1CCC(c2ccc(-c3ccc(CCC)c(F)c3)c(F)c2F)CO1. The van der Waals surface area contributed by atoms with Crippen molar-refractivity contribution in [2.45, 2.75) is 58.2 Å². The Morgan fingerprint density at radius 1 is 1.00 bits per heavy atom. The molecule has 2 nitrogen and oxygen atoms in total. The van der Waals surface area contributed by atoms with Gasteiger partial charge in [-0.3, -0.25) is 0 Å². The van der Waals surface area contributed by atoms with Gasteiger partial charge >= 0.3 is 0 Å². The van der Waals surface area contributed by atoms with E-state index in [0.29, 0.717) is 49.2 Å². The van der Waals surface area contributed by atoms with Gasteiger partial charge in [-0.1, -0.05) is 44.5 Å². The van der Waals surface area contributed by atoms with Gasteiger partial charge in [0.05, 0.1) is 6.61 Å². The van der Waals surface area contributed by atoms with Crippen LogP contribution in [-0.2, 0) is 15.9 Å². The molecule has 0 saturated carbocycles. The highest BCUT2D eigenvalue weighted by molar-refractivity contribution is 5.65. The second-order valence-corrected chi connectivity index (χ2v) is 7.29. The predicted molar refractivity (Wildman–Crippen MR) is 104 cm³/mol. The average Bonchev–Trinajstić information content (AvgIpc) is 2.71. The molecule has 2 aromatic rings. The van der Waals surface area contributed by atoms with Gasteiger partial charge in [0, 0.05) is 18.1 Å². The summed E-state index contributed by atoms with van der Waals surface area (Å²) in [4.78, 5) is 0. The van der Waals surface area contributed by atoms with Gasteiger partial charge in [0.25, 0.3) is 0 Å². The summed E-state index contributed by atoms with van der Waals surface area (Å²) < 4.78 is 55.0. The lowest BCUT2D eigenvalue weighted by Crippen LogP contribution is -2.28. The fourth-order valence-corrected chi connectivity index (χ4v) is 3.64. The molecule has 0 amide bonds. The zero-order chi connectivity index (χ0) is 20.1. The lowest BCUT2D eigenvalue weighted by atomic mass is 9.90. The van der Waals surface area contributed by atoms with Crippen LogP contribution >= 0.6 is 0 Å². The molecule has 1 heterocycles. The number of hydrogen-bond acceptors (Lipinski definition) is 2. The zero-order valence-electron chi connectivity index (χ0n) is 16.4. The summed E-state index contributed by atoms with van der Waals surface area (Å²) >= 11 is 0. The minimum atomic E-state index is -0.940. The van der Waals surface area contributed by atoms with E-state index in [1.807, 2.05) is 13.8 Å². The molecule has 0 radical (unpaired) electrons. The van der Waals surface area contributed by atoms with E-state index >= 15 is 0 Å². The van der Waals surface area contributed by atoms with Crippen molar-refractivity contribution in [1.29, 1.82) is 0 Å². The van der Waals surface area contributed by atoms with Crippen LogP contribution in [0.5, 0.6) is 0 Å². The third kappa shape index (κ3) is 4.58. The van der Waals surface area contributed by atoms with Crippen LogP contribution in [0.2, 0.25) is 0 Å². The van der Waals surface area contributed by atoms with Gasteiger partial charge < -0.3 is 9.47 Å². The van der Waals surface area contributed by atoms with E-state index in [0.717, 1.165) is 12.8 Å². The van der Waals surface area contributed by atoms with Gasteiger partial charge in [-0.05, 0) is 48.4 Å². The molecular weight excluding hydrogens is 365 g/mol. The number of hydrogen-bond donors (Lipinski definition) is 0. The monoisotopic (exact) mass is 392 g/mol. The van der Waals surface area contributed by atoms with Gasteiger partial charge in [-0.2, -0.15) is 0 Å². The van der Waals surface area contributed by atoms with Crippen LogP contribution in [-0.4, -0.2) is 19.5 Å². The molecule has 0 N–H and O–H groups in total. The second kappa shape index (κ2) is 9.57. The first-order valence-electron chi connectivity index (χ1n) is 10.0. The lowest BCUT2D eigenvalue weighted by molar-refractivity contribution is -0.167. The van der Waals surface area contributed by atoms with E-state index in [4.69, 9.17) is 9.47 Å². The molecular formula is C23H27F3O2. The van der Waals surface area contributed by atoms with Gasteiger partial charge in [0.1, 0.15) is 5.82 Å². The van der Waals surface area contributed by atoms with E-state index in [9.17, 15) is 13.2 Å². The minimum absolute atomic E-state index is 0.0732. The Balaban J connectivity index is 1.78. The fraction of sp³-hybridized carbons (Fsp3) is 0.478. The molecule has 1 aliphatic heterocycles. The Bertz CT molecular complexity index is 799. The molecule has 2 aromatic carbocycles. The standard InChI is InChI=1S/C23H27F3O2/c1-3-5-15-6-7-16(13-20(15)24)18-9-10-19(23(26)22(18)25)17-8-11-21(28-14-17)27-12-4-2/h6-7,9-10,13,17,21H,3-5,8,11-12,14H2,1-2H3. The maximum Gasteiger partial charge on any atom is 0.166 e. The molecule has 2 unspecified atom stereocenters. The van der Waals surface area contributed by atoms with E-state index in [-0.39, 0.29) is 23.6 Å². The maximum absolute atomic E-state index is 14.8. The largest absolute Gasteiger partial charge is 0.353 e. The first-order valence-corrected chi connectivity index (χ1v) is 10.0. The summed E-state index contributed by atoms with van der Waals surface area (Å²) in [5.41, 5.74) is 1.30. The number of benzene rings is 2. The highest BCUT2D eigenvalue weighted by Gasteiger charge is 2.27. The first-order chi connectivity index (χ1) is 13.5. The van der Waals surface area contributed by atoms with Crippen molar-refractivity contribution in [3.63, 3.8) is 0 Å². The molecule has 1 fully saturated rings. The Morgan fingerprint density at radius 2 is 1.82 bits per heavy atom. The molecule has 3 rings (SSSR count). The molecule has 2 atom stereocenters. The summed E-state index contributed by atoms with van der Waals surface area (Å²) in [6, 6.07) is 7.69. The van der Waals surface area contributed by atoms with Crippen molar-refractivity contribution >= 4 is 0 Å². The molecule has 0 bridgehead atoms. The number of halogens is 3. The van der Waals surface area contributed by atoms with Crippen LogP contribution in [0.25, 0.3) is 11.1 Å². The first kappa shape index (κ1) is 20.9. The Hall–Kier alpha value is -1.85. The molecule has 0 aliphatic carbocycles. The number of ether oxygens (including phenoxy) is 2. The number of rotatable bonds is 7. The van der Waals surface area contributed by atoms with Crippen LogP contribution in [0.3, 0.4) is 0 Å². The van der Waals surface area contributed by atoms with Gasteiger partial charge in [-0.25, -0.2) is 13.2 Å². The second-order valence-electron chi connectivity index (χ2n) is 7.29. The normalized spacial score (nSPS) is 19.8. The zero-order valence-corrected chi connectivity index (χ0v) is 16.4. The van der Waals surface area contributed by atoms with E-state index < -0.39 is 11.6 Å². The van der Waals surface area contributed by atoms with Crippen molar-refractivity contribution in [2.75, 3.05) is 13.2 Å². The smallest absolute Gasteiger partial charge is 0.166 e. The lowest BCUT2D eigenvalue weighted by Gasteiger charge is -2.29. The molecule has 0 aromatic heterocycles. The topological polar surface area (TPSA) is 18.5 Å². The Morgan fingerprint density at radius 3 is 2.46 bits per heavy atom. The average molecular weight is 392 g/mol. The van der Waals surface area contributed by atoms with Crippen LogP contribution in [0, 0.1) is 17.5 Å². The van der Waals surface area contributed by atoms with Gasteiger partial charge in [-0.15, -0.1) is 0 Å². The van der Waals surface area contributed by atoms with Crippen molar-refractivity contribution < 1.29 is 22.6 Å². The summed E-state index contributed by atoms with van der Waals surface area (Å²) in [5, 5.41) is 0. The van der Waals surface area contributed by atoms with E-state index in [2.05, 4.69) is 0 Å². The van der Waals surface area contributed by atoms with Crippen molar-refractivity contribution in [2.24, 2.45) is 0 Å². The Kier molecular flexibility index (Phi) is 7.13. The molecule has 0 spiro atoms. The molecule has 1 aliphatic rings. The molecule has 1 saturated heterocycles. The van der Waals surface area contributed by atoms with Crippen molar-refractivity contribution in [3.05, 3.63) is 58.9 Å². The van der Waals surface area contributed by atoms with Crippen molar-refractivity contribution in [1.82, 2.24) is 0 Å². The van der Waals surface area contributed by atoms with Gasteiger partial charge in [0.15, 0.2) is 17.9 Å². The van der Waals surface area contributed by atoms with E-state index in [1.165, 1.54) is 12.1 Å². The van der Waals surface area contributed by atoms with Crippen molar-refractivity contribution in [3.8, 4) is 11.1 Å². The van der Waals surface area contributed by atoms with Gasteiger partial charge in [0.2, 0.25) is 0 Å². The third-order valence-electron chi connectivity index (χ3n) is 5.18. The Labute approximate surface area is 164 Å². The maximum atomic E-state index is 14.8. The van der Waals surface area contributed by atoms with Crippen LogP contribution in [0.4, 0.5) is 13.2 Å². The predicted octanol–water partition coefficient (Wildman–Crippen LogP) is 6.37. The fourth-order valence-electron chi connectivity index (χ4n) is 3.64. The molecule has 5 heteroatoms. The summed E-state index contributed by atoms with van der Waals surface area (Å²) in [5.74, 6) is -2.42. The quantitative estimate of drug-likeness (QED) is 0.545.